The van der Waals surface area contributed by atoms with E-state index in [-0.39, 0.29) is 18.2 Å². The molecule has 0 aliphatic heterocycles. The van der Waals surface area contributed by atoms with E-state index < -0.39 is 5.60 Å². The first-order chi connectivity index (χ1) is 17.7. The maximum absolute atomic E-state index is 12.1. The van der Waals surface area contributed by atoms with Gasteiger partial charge in [0, 0.05) is 17.9 Å². The Morgan fingerprint density at radius 1 is 1.08 bits per heavy atom. The van der Waals surface area contributed by atoms with Gasteiger partial charge in [-0.25, -0.2) is 9.78 Å². The summed E-state index contributed by atoms with van der Waals surface area (Å²) in [7, 11) is 0. The number of nitrogens with two attached hydrogens (primary N) is 1. The zero-order valence-corrected chi connectivity index (χ0v) is 21.8. The van der Waals surface area contributed by atoms with E-state index in [0.29, 0.717) is 24.1 Å². The van der Waals surface area contributed by atoms with E-state index in [1.807, 2.05) is 62.8 Å². The van der Waals surface area contributed by atoms with Crippen molar-refractivity contribution in [1.29, 1.82) is 0 Å². The summed E-state index contributed by atoms with van der Waals surface area (Å²) in [5, 5.41) is 13.9. The number of amides is 1. The molecule has 1 aromatic carbocycles. The van der Waals surface area contributed by atoms with Crippen LogP contribution in [0.25, 0.3) is 0 Å². The molecule has 2 heterocycles. The first kappa shape index (κ1) is 26.1. The van der Waals surface area contributed by atoms with E-state index in [1.165, 1.54) is 0 Å². The van der Waals surface area contributed by atoms with E-state index in [0.717, 1.165) is 42.8 Å². The lowest BCUT2D eigenvalue weighted by atomic mass is 9.91. The predicted octanol–water partition coefficient (Wildman–Crippen LogP) is 5.15. The van der Waals surface area contributed by atoms with Gasteiger partial charge in [0.25, 0.3) is 0 Å². The molecule has 1 amide bonds. The van der Waals surface area contributed by atoms with Gasteiger partial charge in [-0.1, -0.05) is 0 Å². The minimum atomic E-state index is -0.500. The zero-order valence-electron chi connectivity index (χ0n) is 21.8. The summed E-state index contributed by atoms with van der Waals surface area (Å²) < 4.78 is 12.8. The van der Waals surface area contributed by atoms with E-state index >= 15 is 0 Å². The standard InChI is InChI=1S/C26H36N8O3/c1-5-36-21-12-8-17(9-13-21)30-23-22(27)15-28-24(33-23)31-19-14-29-34(16-19)20-10-6-18(7-11-20)32-25(35)37-26(2,3)4/h8-9,12-16,18,20H,5-7,10-11,27H2,1-4H3,(H,32,35)(H2,28,30,31,33). The van der Waals surface area contributed by atoms with Gasteiger partial charge in [0.05, 0.1) is 36.4 Å². The van der Waals surface area contributed by atoms with Crippen LogP contribution in [0.3, 0.4) is 0 Å². The number of hydrogen-bond acceptors (Lipinski definition) is 9. The van der Waals surface area contributed by atoms with Gasteiger partial charge in [-0.2, -0.15) is 10.1 Å². The quantitative estimate of drug-likeness (QED) is 0.325. The van der Waals surface area contributed by atoms with Gasteiger partial charge in [0.2, 0.25) is 5.95 Å². The number of rotatable bonds is 8. The second kappa shape index (κ2) is 11.4. The minimum Gasteiger partial charge on any atom is -0.494 e. The molecule has 1 fully saturated rings. The van der Waals surface area contributed by atoms with Crippen LogP contribution in [0.2, 0.25) is 0 Å². The Bertz CT molecular complexity index is 1180. The molecule has 1 aliphatic carbocycles. The average molecular weight is 509 g/mol. The predicted molar refractivity (Wildman–Crippen MR) is 144 cm³/mol. The topological polar surface area (TPSA) is 141 Å². The Morgan fingerprint density at radius 3 is 2.49 bits per heavy atom. The maximum Gasteiger partial charge on any atom is 0.407 e. The third-order valence-electron chi connectivity index (χ3n) is 5.89. The molecule has 198 valence electrons. The van der Waals surface area contributed by atoms with Crippen molar-refractivity contribution < 1.29 is 14.3 Å². The molecule has 0 radical (unpaired) electrons. The van der Waals surface area contributed by atoms with Crippen LogP contribution in [0.5, 0.6) is 5.75 Å². The summed E-state index contributed by atoms with van der Waals surface area (Å²) in [6.45, 7) is 8.15. The van der Waals surface area contributed by atoms with Crippen molar-refractivity contribution in [2.24, 2.45) is 0 Å². The second-order valence-electron chi connectivity index (χ2n) is 10.1. The van der Waals surface area contributed by atoms with Crippen molar-refractivity contribution in [3.05, 3.63) is 42.9 Å². The number of ether oxygens (including phenoxy) is 2. The number of nitrogens with one attached hydrogen (secondary N) is 3. The fraction of sp³-hybridized carbons (Fsp3) is 0.462. The lowest BCUT2D eigenvalue weighted by Crippen LogP contribution is -2.41. The monoisotopic (exact) mass is 508 g/mol. The summed E-state index contributed by atoms with van der Waals surface area (Å²) in [4.78, 5) is 20.9. The minimum absolute atomic E-state index is 0.115. The van der Waals surface area contributed by atoms with Gasteiger partial charge < -0.3 is 31.2 Å². The van der Waals surface area contributed by atoms with Crippen LogP contribution in [0.1, 0.15) is 59.4 Å². The van der Waals surface area contributed by atoms with Crippen LogP contribution in [-0.2, 0) is 4.74 Å². The molecule has 0 spiro atoms. The lowest BCUT2D eigenvalue weighted by Gasteiger charge is -2.30. The summed E-state index contributed by atoms with van der Waals surface area (Å²) in [5.41, 5.74) is 7.65. The van der Waals surface area contributed by atoms with Gasteiger partial charge in [0.1, 0.15) is 11.4 Å². The fourth-order valence-corrected chi connectivity index (χ4v) is 4.18. The van der Waals surface area contributed by atoms with Crippen LogP contribution in [0, 0.1) is 0 Å². The molecule has 5 N–H and O–H groups in total. The summed E-state index contributed by atoms with van der Waals surface area (Å²) >= 11 is 0. The third kappa shape index (κ3) is 7.48. The van der Waals surface area contributed by atoms with E-state index in [2.05, 4.69) is 31.0 Å². The van der Waals surface area contributed by atoms with Gasteiger partial charge >= 0.3 is 6.09 Å². The number of nitrogens with zero attached hydrogens (tertiary/aromatic N) is 4. The average Bonchev–Trinajstić information content (AvgIpc) is 3.30. The highest BCUT2D eigenvalue weighted by Gasteiger charge is 2.26. The number of hydrogen-bond donors (Lipinski definition) is 4. The largest absolute Gasteiger partial charge is 0.494 e. The highest BCUT2D eigenvalue weighted by Crippen LogP contribution is 2.30. The molecular formula is C26H36N8O3. The Hall–Kier alpha value is -4.02. The van der Waals surface area contributed by atoms with Gasteiger partial charge in [-0.15, -0.1) is 0 Å². The van der Waals surface area contributed by atoms with Crippen molar-refractivity contribution in [2.75, 3.05) is 23.0 Å². The molecule has 0 unspecified atom stereocenters. The maximum atomic E-state index is 12.1. The number of carbonyl (C=O) groups excluding carboxylic acids is 1. The molecule has 11 heteroatoms. The molecule has 37 heavy (non-hydrogen) atoms. The Morgan fingerprint density at radius 2 is 1.81 bits per heavy atom. The van der Waals surface area contributed by atoms with Crippen LogP contribution in [-0.4, -0.2) is 44.1 Å². The number of anilines is 5. The van der Waals surface area contributed by atoms with Crippen molar-refractivity contribution in [3.8, 4) is 5.75 Å². The molecule has 3 aromatic rings. The Balaban J connectivity index is 1.32. The first-order valence-electron chi connectivity index (χ1n) is 12.6. The SMILES string of the molecule is CCOc1ccc(Nc2nc(Nc3cnn(C4CCC(NC(=O)OC(C)(C)C)CC4)c3)ncc2N)cc1. The zero-order chi connectivity index (χ0) is 26.4. The molecule has 4 rings (SSSR count). The van der Waals surface area contributed by atoms with Crippen molar-refractivity contribution in [2.45, 2.75) is 71.1 Å². The molecule has 0 bridgehead atoms. The van der Waals surface area contributed by atoms with E-state index in [9.17, 15) is 4.79 Å². The molecule has 1 saturated carbocycles. The smallest absolute Gasteiger partial charge is 0.407 e. The van der Waals surface area contributed by atoms with E-state index in [4.69, 9.17) is 15.2 Å². The van der Waals surface area contributed by atoms with Gasteiger partial charge in [-0.05, 0) is 77.6 Å². The third-order valence-corrected chi connectivity index (χ3v) is 5.89. The van der Waals surface area contributed by atoms with Gasteiger partial charge in [0.15, 0.2) is 5.82 Å². The second-order valence-corrected chi connectivity index (χ2v) is 10.1. The number of nitrogen functional groups attached to an aromatic ring is 1. The van der Waals surface area contributed by atoms with Crippen molar-refractivity contribution in [3.63, 3.8) is 0 Å². The molecule has 1 aliphatic rings. The summed E-state index contributed by atoms with van der Waals surface area (Å²) in [5.74, 6) is 1.72. The van der Waals surface area contributed by atoms with Crippen LogP contribution < -0.4 is 26.4 Å². The first-order valence-corrected chi connectivity index (χ1v) is 12.6. The molecule has 2 aromatic heterocycles. The molecule has 0 saturated heterocycles. The van der Waals surface area contributed by atoms with Crippen LogP contribution >= 0.6 is 0 Å². The lowest BCUT2D eigenvalue weighted by molar-refractivity contribution is 0.0487. The van der Waals surface area contributed by atoms with Crippen LogP contribution in [0.4, 0.5) is 33.6 Å². The number of benzene rings is 1. The highest BCUT2D eigenvalue weighted by atomic mass is 16.6. The molecular weight excluding hydrogens is 472 g/mol. The van der Waals surface area contributed by atoms with Crippen molar-refractivity contribution >= 4 is 34.9 Å². The highest BCUT2D eigenvalue weighted by molar-refractivity contribution is 5.70. The Kier molecular flexibility index (Phi) is 8.00. The number of aromatic nitrogens is 4. The molecule has 0 atom stereocenters. The summed E-state index contributed by atoms with van der Waals surface area (Å²) in [6, 6.07) is 7.96. The summed E-state index contributed by atoms with van der Waals surface area (Å²) in [6.07, 6.45) is 8.47. The van der Waals surface area contributed by atoms with E-state index in [1.54, 1.807) is 12.4 Å². The molecule has 11 nitrogen and oxygen atoms in total. The Labute approximate surface area is 217 Å². The van der Waals surface area contributed by atoms with Gasteiger partial charge in [-0.3, -0.25) is 4.68 Å². The van der Waals surface area contributed by atoms with Crippen molar-refractivity contribution in [1.82, 2.24) is 25.1 Å². The number of alkyl carbamates (subject to hydrolysis) is 1. The fourth-order valence-electron chi connectivity index (χ4n) is 4.18. The number of carbonyl (C=O) groups is 1. The normalized spacial score (nSPS) is 17.6. The van der Waals surface area contributed by atoms with Crippen LogP contribution in [0.15, 0.2) is 42.9 Å².